The Kier molecular flexibility index (Phi) is 6.34. The third-order valence-corrected chi connectivity index (χ3v) is 7.31. The first-order valence-corrected chi connectivity index (χ1v) is 11.3. The van der Waals surface area contributed by atoms with Crippen LogP contribution in [0.2, 0.25) is 0 Å². The Morgan fingerprint density at radius 1 is 1.23 bits per heavy atom. The molecule has 2 saturated heterocycles. The van der Waals surface area contributed by atoms with Gasteiger partial charge in [-0.25, -0.2) is 8.42 Å². The summed E-state index contributed by atoms with van der Waals surface area (Å²) in [5.41, 5.74) is 0. The highest BCUT2D eigenvalue weighted by molar-refractivity contribution is 7.89. The van der Waals surface area contributed by atoms with Crippen LogP contribution in [0.15, 0.2) is 17.3 Å². The summed E-state index contributed by atoms with van der Waals surface area (Å²) in [4.78, 5) is 14.2. The molecule has 3 heterocycles. The van der Waals surface area contributed by atoms with Crippen molar-refractivity contribution in [1.29, 1.82) is 0 Å². The fraction of sp³-hybridized carbons (Fsp3) is 0.778. The molecular formula is C18H30N4O3S. The zero-order chi connectivity index (χ0) is 18.6. The van der Waals surface area contributed by atoms with E-state index in [1.807, 2.05) is 11.8 Å². The maximum absolute atomic E-state index is 13.0. The number of aryl methyl sites for hydroxylation is 1. The number of rotatable bonds is 7. The van der Waals surface area contributed by atoms with Crippen LogP contribution in [-0.4, -0.2) is 59.5 Å². The average molecular weight is 383 g/mol. The molecule has 1 aromatic rings. The van der Waals surface area contributed by atoms with Gasteiger partial charge in [-0.05, 0) is 50.5 Å². The number of sulfonamides is 1. The molecule has 7 nitrogen and oxygen atoms in total. The van der Waals surface area contributed by atoms with Gasteiger partial charge in [-0.2, -0.15) is 9.40 Å². The van der Waals surface area contributed by atoms with Crippen LogP contribution in [0.3, 0.4) is 0 Å². The molecule has 0 bridgehead atoms. The van der Waals surface area contributed by atoms with Crippen molar-refractivity contribution < 1.29 is 13.2 Å². The van der Waals surface area contributed by atoms with E-state index in [0.717, 1.165) is 51.6 Å². The van der Waals surface area contributed by atoms with Crippen molar-refractivity contribution in [1.82, 2.24) is 19.0 Å². The van der Waals surface area contributed by atoms with Gasteiger partial charge in [-0.15, -0.1) is 0 Å². The highest BCUT2D eigenvalue weighted by Gasteiger charge is 2.32. The van der Waals surface area contributed by atoms with Crippen LogP contribution in [0, 0.1) is 5.92 Å². The number of likely N-dealkylation sites (tertiary alicyclic amines) is 1. The molecule has 0 aromatic carbocycles. The summed E-state index contributed by atoms with van der Waals surface area (Å²) in [7, 11) is -3.52. The molecule has 2 aliphatic heterocycles. The standard InChI is InChI=1S/C18H30N4O3S/c1-2-11-22-18(9-10-19-22)26(24,25)21-14-5-6-16(15-21)7-8-17(23)20-12-3-4-13-20/h9-10,16H,2-8,11-15H2,1H3/t16-/m1/s1. The summed E-state index contributed by atoms with van der Waals surface area (Å²) in [5.74, 6) is 0.483. The first kappa shape index (κ1) is 19.4. The van der Waals surface area contributed by atoms with Crippen LogP contribution in [0.4, 0.5) is 0 Å². The van der Waals surface area contributed by atoms with E-state index in [9.17, 15) is 13.2 Å². The summed E-state index contributed by atoms with van der Waals surface area (Å²) in [5, 5.41) is 4.44. The van der Waals surface area contributed by atoms with E-state index >= 15 is 0 Å². The van der Waals surface area contributed by atoms with Crippen LogP contribution in [-0.2, 0) is 21.4 Å². The fourth-order valence-corrected chi connectivity index (χ4v) is 5.66. The molecule has 1 aromatic heterocycles. The topological polar surface area (TPSA) is 75.5 Å². The minimum absolute atomic E-state index is 0.225. The van der Waals surface area contributed by atoms with Crippen LogP contribution in [0.1, 0.15) is 51.9 Å². The molecule has 1 atom stereocenters. The van der Waals surface area contributed by atoms with E-state index < -0.39 is 10.0 Å². The zero-order valence-electron chi connectivity index (χ0n) is 15.6. The number of carbonyl (C=O) groups excluding carboxylic acids is 1. The summed E-state index contributed by atoms with van der Waals surface area (Å²) in [6, 6.07) is 1.59. The summed E-state index contributed by atoms with van der Waals surface area (Å²) >= 11 is 0. The lowest BCUT2D eigenvalue weighted by molar-refractivity contribution is -0.130. The Bertz CT molecular complexity index is 710. The third-order valence-electron chi connectivity index (χ3n) is 5.42. The van der Waals surface area contributed by atoms with Gasteiger partial charge in [-0.1, -0.05) is 6.92 Å². The van der Waals surface area contributed by atoms with E-state index in [0.29, 0.717) is 26.1 Å². The number of hydrogen-bond acceptors (Lipinski definition) is 4. The fourth-order valence-electron chi connectivity index (χ4n) is 3.98. The van der Waals surface area contributed by atoms with Crippen molar-refractivity contribution in [3.63, 3.8) is 0 Å². The highest BCUT2D eigenvalue weighted by atomic mass is 32.2. The summed E-state index contributed by atoms with van der Waals surface area (Å²) < 4.78 is 29.2. The summed E-state index contributed by atoms with van der Waals surface area (Å²) in [6.45, 7) is 5.43. The van der Waals surface area contributed by atoms with Gasteiger partial charge in [0.05, 0.1) is 6.20 Å². The molecular weight excluding hydrogens is 352 g/mol. The minimum Gasteiger partial charge on any atom is -0.343 e. The molecule has 8 heteroatoms. The van der Waals surface area contributed by atoms with Crippen molar-refractivity contribution in [2.24, 2.45) is 5.92 Å². The van der Waals surface area contributed by atoms with Crippen molar-refractivity contribution in [2.75, 3.05) is 26.2 Å². The van der Waals surface area contributed by atoms with Gasteiger partial charge in [-0.3, -0.25) is 9.48 Å². The predicted octanol–water partition coefficient (Wildman–Crippen LogP) is 2.10. The molecule has 3 rings (SSSR count). The molecule has 0 spiro atoms. The first-order chi connectivity index (χ1) is 12.5. The van der Waals surface area contributed by atoms with Gasteiger partial charge in [0.15, 0.2) is 5.03 Å². The van der Waals surface area contributed by atoms with Gasteiger partial charge in [0.1, 0.15) is 0 Å². The number of carbonyl (C=O) groups is 1. The number of hydrogen-bond donors (Lipinski definition) is 0. The Hall–Kier alpha value is -1.41. The van der Waals surface area contributed by atoms with Gasteiger partial charge in [0.2, 0.25) is 5.91 Å². The maximum Gasteiger partial charge on any atom is 0.260 e. The van der Waals surface area contributed by atoms with Crippen LogP contribution >= 0.6 is 0 Å². The molecule has 0 unspecified atom stereocenters. The first-order valence-electron chi connectivity index (χ1n) is 9.82. The third kappa shape index (κ3) is 4.28. The molecule has 2 fully saturated rings. The van der Waals surface area contributed by atoms with E-state index in [4.69, 9.17) is 0 Å². The monoisotopic (exact) mass is 382 g/mol. The highest BCUT2D eigenvalue weighted by Crippen LogP contribution is 2.27. The van der Waals surface area contributed by atoms with Crippen molar-refractivity contribution >= 4 is 15.9 Å². The minimum atomic E-state index is -3.52. The lowest BCUT2D eigenvalue weighted by atomic mass is 9.94. The van der Waals surface area contributed by atoms with Gasteiger partial charge < -0.3 is 4.90 Å². The predicted molar refractivity (Wildman–Crippen MR) is 99.0 cm³/mol. The van der Waals surface area contributed by atoms with E-state index in [-0.39, 0.29) is 16.9 Å². The SMILES string of the molecule is CCCn1nccc1S(=O)(=O)N1CCC[C@H](CCC(=O)N2CCCC2)C1. The summed E-state index contributed by atoms with van der Waals surface area (Å²) in [6.07, 6.45) is 7.75. The van der Waals surface area contributed by atoms with Crippen molar-refractivity contribution in [3.8, 4) is 0 Å². The number of amides is 1. The molecule has 146 valence electrons. The largest absolute Gasteiger partial charge is 0.343 e. The second-order valence-corrected chi connectivity index (χ2v) is 9.28. The van der Waals surface area contributed by atoms with Crippen LogP contribution in [0.5, 0.6) is 0 Å². The second kappa shape index (κ2) is 8.52. The van der Waals surface area contributed by atoms with Gasteiger partial charge in [0.25, 0.3) is 10.0 Å². The Balaban J connectivity index is 1.60. The van der Waals surface area contributed by atoms with E-state index in [1.54, 1.807) is 21.3 Å². The van der Waals surface area contributed by atoms with E-state index in [1.165, 1.54) is 0 Å². The smallest absolute Gasteiger partial charge is 0.260 e. The molecule has 0 N–H and O–H groups in total. The second-order valence-electron chi connectivity index (χ2n) is 7.39. The molecule has 1 amide bonds. The molecule has 26 heavy (non-hydrogen) atoms. The molecule has 0 saturated carbocycles. The van der Waals surface area contributed by atoms with Crippen molar-refractivity contribution in [3.05, 3.63) is 12.3 Å². The quantitative estimate of drug-likeness (QED) is 0.724. The number of aromatic nitrogens is 2. The van der Waals surface area contributed by atoms with Crippen molar-refractivity contribution in [2.45, 2.75) is 63.4 Å². The number of piperidine rings is 1. The lowest BCUT2D eigenvalue weighted by Crippen LogP contribution is -2.41. The lowest BCUT2D eigenvalue weighted by Gasteiger charge is -2.32. The van der Waals surface area contributed by atoms with Crippen LogP contribution in [0.25, 0.3) is 0 Å². The average Bonchev–Trinajstić information content (AvgIpc) is 3.32. The van der Waals surface area contributed by atoms with Gasteiger partial charge >= 0.3 is 0 Å². The zero-order valence-corrected chi connectivity index (χ0v) is 16.5. The maximum atomic E-state index is 13.0. The van der Waals surface area contributed by atoms with E-state index in [2.05, 4.69) is 5.10 Å². The van der Waals surface area contributed by atoms with Crippen LogP contribution < -0.4 is 0 Å². The molecule has 2 aliphatic rings. The molecule has 0 aliphatic carbocycles. The normalized spacial score (nSPS) is 22.0. The molecule has 0 radical (unpaired) electrons. The Morgan fingerprint density at radius 3 is 2.73 bits per heavy atom. The Morgan fingerprint density at radius 2 is 2.00 bits per heavy atom. The number of nitrogens with zero attached hydrogens (tertiary/aromatic N) is 4. The van der Waals surface area contributed by atoms with Gasteiger partial charge in [0, 0.05) is 39.1 Å². The Labute approximate surface area is 156 Å².